The molecule has 3 amide bonds. The van der Waals surface area contributed by atoms with Crippen molar-refractivity contribution in [1.29, 1.82) is 0 Å². The molecule has 0 aliphatic carbocycles. The summed E-state index contributed by atoms with van der Waals surface area (Å²) in [5, 5.41) is 5.75. The number of carbonyl (C=O) groups is 3. The first-order chi connectivity index (χ1) is 15.5. The van der Waals surface area contributed by atoms with Crippen molar-refractivity contribution in [3.8, 4) is 10.4 Å². The third kappa shape index (κ3) is 5.43. The Labute approximate surface area is 200 Å². The van der Waals surface area contributed by atoms with Gasteiger partial charge in [0.25, 0.3) is 0 Å². The molecular weight excluding hydrogens is 436 g/mol. The van der Waals surface area contributed by atoms with E-state index in [1.54, 1.807) is 16.2 Å². The molecule has 3 atom stereocenters. The molecule has 0 spiro atoms. The van der Waals surface area contributed by atoms with Crippen LogP contribution in [0.15, 0.2) is 23.7 Å². The minimum absolute atomic E-state index is 0.158. The number of likely N-dealkylation sites (tertiary alicyclic amines) is 1. The molecule has 178 valence electrons. The SMILES string of the molecule is Cc1cc(-c2scnc2C)ccc1C(C)NC(=O)C1CCCN1C(=O)C(NC=O)C(C)(C)C. The number of rotatable bonds is 7. The van der Waals surface area contributed by atoms with E-state index >= 15 is 0 Å². The minimum Gasteiger partial charge on any atom is -0.348 e. The average molecular weight is 471 g/mol. The summed E-state index contributed by atoms with van der Waals surface area (Å²) in [5.41, 5.74) is 5.66. The van der Waals surface area contributed by atoms with E-state index < -0.39 is 17.5 Å². The van der Waals surface area contributed by atoms with Crippen LogP contribution in [0.2, 0.25) is 0 Å². The van der Waals surface area contributed by atoms with Crippen molar-refractivity contribution in [2.75, 3.05) is 6.54 Å². The fourth-order valence-corrected chi connectivity index (χ4v) is 5.30. The van der Waals surface area contributed by atoms with Crippen LogP contribution in [0.1, 0.15) is 63.4 Å². The van der Waals surface area contributed by atoms with Gasteiger partial charge in [-0.1, -0.05) is 39.0 Å². The monoisotopic (exact) mass is 470 g/mol. The van der Waals surface area contributed by atoms with Gasteiger partial charge in [0.05, 0.1) is 22.1 Å². The molecular formula is C25H34N4O3S. The fourth-order valence-electron chi connectivity index (χ4n) is 4.50. The van der Waals surface area contributed by atoms with Crippen LogP contribution in [0.4, 0.5) is 0 Å². The lowest BCUT2D eigenvalue weighted by Crippen LogP contribution is -2.56. The second kappa shape index (κ2) is 10.0. The second-order valence-corrected chi connectivity index (χ2v) is 10.7. The van der Waals surface area contributed by atoms with Crippen LogP contribution in [0, 0.1) is 19.3 Å². The van der Waals surface area contributed by atoms with Gasteiger partial charge in [-0.15, -0.1) is 11.3 Å². The van der Waals surface area contributed by atoms with Gasteiger partial charge < -0.3 is 15.5 Å². The Morgan fingerprint density at radius 2 is 2.00 bits per heavy atom. The summed E-state index contributed by atoms with van der Waals surface area (Å²) >= 11 is 1.62. The van der Waals surface area contributed by atoms with Gasteiger partial charge in [0, 0.05) is 6.54 Å². The number of amides is 3. The zero-order valence-corrected chi connectivity index (χ0v) is 21.1. The molecule has 3 unspecified atom stereocenters. The smallest absolute Gasteiger partial charge is 0.246 e. The number of benzene rings is 1. The van der Waals surface area contributed by atoms with Gasteiger partial charge in [-0.3, -0.25) is 14.4 Å². The van der Waals surface area contributed by atoms with Crippen molar-refractivity contribution in [3.63, 3.8) is 0 Å². The quantitative estimate of drug-likeness (QED) is 0.603. The standard InChI is InChI=1S/C25H34N4O3S/c1-15-12-18(21-17(3)27-14-33-21)9-10-19(15)16(2)28-23(31)20-8-7-11-29(20)24(32)22(26-13-30)25(4,5)6/h9-10,12-14,16,20,22H,7-8,11H2,1-6H3,(H,26,30)(H,28,31). The lowest BCUT2D eigenvalue weighted by Gasteiger charge is -2.34. The molecule has 2 N–H and O–H groups in total. The fraction of sp³-hybridized carbons (Fsp3) is 0.520. The zero-order chi connectivity index (χ0) is 24.3. The summed E-state index contributed by atoms with van der Waals surface area (Å²) < 4.78 is 0. The Morgan fingerprint density at radius 1 is 1.27 bits per heavy atom. The molecule has 1 aliphatic rings. The van der Waals surface area contributed by atoms with Crippen molar-refractivity contribution in [3.05, 3.63) is 40.5 Å². The van der Waals surface area contributed by atoms with Crippen LogP contribution in [-0.4, -0.2) is 46.7 Å². The minimum atomic E-state index is -0.675. The molecule has 3 rings (SSSR count). The molecule has 33 heavy (non-hydrogen) atoms. The average Bonchev–Trinajstić information content (AvgIpc) is 3.39. The predicted molar refractivity (Wildman–Crippen MR) is 131 cm³/mol. The normalized spacial score (nSPS) is 18.0. The molecule has 7 nitrogen and oxygen atoms in total. The van der Waals surface area contributed by atoms with E-state index in [1.807, 2.05) is 47.1 Å². The van der Waals surface area contributed by atoms with Crippen molar-refractivity contribution >= 4 is 29.6 Å². The van der Waals surface area contributed by atoms with Crippen molar-refractivity contribution in [2.24, 2.45) is 5.41 Å². The second-order valence-electron chi connectivity index (χ2n) is 9.84. The van der Waals surface area contributed by atoms with E-state index in [1.165, 1.54) is 0 Å². The molecule has 1 fully saturated rings. The van der Waals surface area contributed by atoms with Gasteiger partial charge in [-0.05, 0) is 55.7 Å². The maximum atomic E-state index is 13.2. The molecule has 0 saturated carbocycles. The number of nitrogens with zero attached hydrogens (tertiary/aromatic N) is 2. The first-order valence-corrected chi connectivity index (χ1v) is 12.2. The maximum absolute atomic E-state index is 13.2. The molecule has 0 radical (unpaired) electrons. The van der Waals surface area contributed by atoms with Crippen LogP contribution >= 0.6 is 11.3 Å². The summed E-state index contributed by atoms with van der Waals surface area (Å²) in [6.07, 6.45) is 1.93. The third-order valence-corrected chi connectivity index (χ3v) is 7.27. The predicted octanol–water partition coefficient (Wildman–Crippen LogP) is 3.76. The van der Waals surface area contributed by atoms with Gasteiger partial charge in [0.15, 0.2) is 0 Å². The summed E-state index contributed by atoms with van der Waals surface area (Å²) in [4.78, 5) is 44.6. The van der Waals surface area contributed by atoms with Crippen LogP contribution < -0.4 is 10.6 Å². The number of nitrogens with one attached hydrogen (secondary N) is 2. The summed E-state index contributed by atoms with van der Waals surface area (Å²) in [6.45, 7) is 12.2. The number of hydrogen-bond donors (Lipinski definition) is 2. The Bertz CT molecular complexity index is 1030. The first-order valence-electron chi connectivity index (χ1n) is 11.4. The van der Waals surface area contributed by atoms with Crippen LogP contribution in [0.3, 0.4) is 0 Å². The molecule has 1 aromatic heterocycles. The Hall–Kier alpha value is -2.74. The molecule has 2 aromatic rings. The van der Waals surface area contributed by atoms with Crippen LogP contribution in [0.5, 0.6) is 0 Å². The van der Waals surface area contributed by atoms with Crippen molar-refractivity contribution in [1.82, 2.24) is 20.5 Å². The van der Waals surface area contributed by atoms with E-state index in [0.29, 0.717) is 19.4 Å². The number of hydrogen-bond acceptors (Lipinski definition) is 5. The highest BCUT2D eigenvalue weighted by molar-refractivity contribution is 7.13. The molecule has 8 heteroatoms. The van der Waals surface area contributed by atoms with Crippen LogP contribution in [0.25, 0.3) is 10.4 Å². The Balaban J connectivity index is 1.73. The Kier molecular flexibility index (Phi) is 7.57. The van der Waals surface area contributed by atoms with E-state index in [0.717, 1.165) is 33.7 Å². The first kappa shape index (κ1) is 24.9. The lowest BCUT2D eigenvalue weighted by molar-refractivity contribution is -0.143. The highest BCUT2D eigenvalue weighted by Crippen LogP contribution is 2.31. The zero-order valence-electron chi connectivity index (χ0n) is 20.3. The summed E-state index contributed by atoms with van der Waals surface area (Å²) in [6, 6.07) is 4.84. The van der Waals surface area contributed by atoms with Crippen LogP contribution in [-0.2, 0) is 14.4 Å². The molecule has 0 bridgehead atoms. The molecule has 2 heterocycles. The number of aryl methyl sites for hydroxylation is 2. The van der Waals surface area contributed by atoms with E-state index in [2.05, 4.69) is 33.8 Å². The van der Waals surface area contributed by atoms with Gasteiger partial charge in [0.2, 0.25) is 18.2 Å². The van der Waals surface area contributed by atoms with Gasteiger partial charge >= 0.3 is 0 Å². The molecule has 1 aromatic carbocycles. The van der Waals surface area contributed by atoms with E-state index in [9.17, 15) is 14.4 Å². The highest BCUT2D eigenvalue weighted by atomic mass is 32.1. The topological polar surface area (TPSA) is 91.4 Å². The summed E-state index contributed by atoms with van der Waals surface area (Å²) in [7, 11) is 0. The van der Waals surface area contributed by atoms with E-state index in [4.69, 9.17) is 0 Å². The van der Waals surface area contributed by atoms with E-state index in [-0.39, 0.29) is 17.9 Å². The van der Waals surface area contributed by atoms with Gasteiger partial charge in [-0.2, -0.15) is 0 Å². The van der Waals surface area contributed by atoms with Gasteiger partial charge in [-0.25, -0.2) is 4.98 Å². The summed E-state index contributed by atoms with van der Waals surface area (Å²) in [5.74, 6) is -0.366. The number of thiazole rings is 1. The van der Waals surface area contributed by atoms with Gasteiger partial charge in [0.1, 0.15) is 12.1 Å². The van der Waals surface area contributed by atoms with Crippen molar-refractivity contribution in [2.45, 2.75) is 72.5 Å². The highest BCUT2D eigenvalue weighted by Gasteiger charge is 2.41. The lowest BCUT2D eigenvalue weighted by atomic mass is 9.85. The largest absolute Gasteiger partial charge is 0.348 e. The number of carbonyl (C=O) groups excluding carboxylic acids is 3. The molecule has 1 saturated heterocycles. The maximum Gasteiger partial charge on any atom is 0.246 e. The number of aromatic nitrogens is 1. The molecule has 1 aliphatic heterocycles. The Morgan fingerprint density at radius 3 is 2.58 bits per heavy atom. The van der Waals surface area contributed by atoms with Crippen molar-refractivity contribution < 1.29 is 14.4 Å². The third-order valence-electron chi connectivity index (χ3n) is 6.29.